The summed E-state index contributed by atoms with van der Waals surface area (Å²) in [6.07, 6.45) is 13.6. The molecule has 0 radical (unpaired) electrons. The van der Waals surface area contributed by atoms with Crippen LogP contribution in [0.1, 0.15) is 39.0 Å². The summed E-state index contributed by atoms with van der Waals surface area (Å²) in [6.45, 7) is 3.58. The van der Waals surface area contributed by atoms with Gasteiger partial charge in [-0.05, 0) is 43.7 Å². The number of hydrogen-bond acceptors (Lipinski definition) is 1. The molecule has 2 atom stereocenters. The van der Waals surface area contributed by atoms with Crippen molar-refractivity contribution in [3.8, 4) is 0 Å². The average molecular weight is 191 g/mol. The summed E-state index contributed by atoms with van der Waals surface area (Å²) < 4.78 is 0. The molecule has 0 aromatic carbocycles. The summed E-state index contributed by atoms with van der Waals surface area (Å²) in [7, 11) is 0. The highest BCUT2D eigenvalue weighted by Gasteiger charge is 2.21. The van der Waals surface area contributed by atoms with Gasteiger partial charge in [0.05, 0.1) is 0 Å². The van der Waals surface area contributed by atoms with Gasteiger partial charge in [-0.15, -0.1) is 0 Å². The second kappa shape index (κ2) is 4.79. The first-order valence-electron chi connectivity index (χ1n) is 5.98. The SMILES string of the molecule is CC(C1=CCCC=C1)C1CCCCN1. The lowest BCUT2D eigenvalue weighted by Gasteiger charge is -2.30. The zero-order valence-corrected chi connectivity index (χ0v) is 9.13. The van der Waals surface area contributed by atoms with Gasteiger partial charge in [0.25, 0.3) is 0 Å². The van der Waals surface area contributed by atoms with Gasteiger partial charge < -0.3 is 5.32 Å². The minimum Gasteiger partial charge on any atom is -0.313 e. The van der Waals surface area contributed by atoms with E-state index in [1.807, 2.05) is 0 Å². The molecule has 0 aromatic heterocycles. The molecule has 1 saturated heterocycles. The smallest absolute Gasteiger partial charge is 0.0133 e. The molecular formula is C13H21N. The van der Waals surface area contributed by atoms with Crippen molar-refractivity contribution < 1.29 is 0 Å². The Balaban J connectivity index is 1.95. The largest absolute Gasteiger partial charge is 0.313 e. The van der Waals surface area contributed by atoms with Gasteiger partial charge in [0.2, 0.25) is 0 Å². The molecule has 78 valence electrons. The predicted octanol–water partition coefficient (Wildman–Crippen LogP) is 3.04. The molecule has 1 aliphatic carbocycles. The molecule has 1 aliphatic heterocycles. The van der Waals surface area contributed by atoms with Crippen LogP contribution in [0.4, 0.5) is 0 Å². The number of piperidine rings is 1. The highest BCUT2D eigenvalue weighted by molar-refractivity contribution is 5.25. The fourth-order valence-corrected chi connectivity index (χ4v) is 2.51. The summed E-state index contributed by atoms with van der Waals surface area (Å²) in [6, 6.07) is 0.720. The summed E-state index contributed by atoms with van der Waals surface area (Å²) in [5.74, 6) is 0.701. The quantitative estimate of drug-likeness (QED) is 0.707. The van der Waals surface area contributed by atoms with Gasteiger partial charge in [-0.2, -0.15) is 0 Å². The fraction of sp³-hybridized carbons (Fsp3) is 0.692. The molecule has 0 saturated carbocycles. The van der Waals surface area contributed by atoms with Gasteiger partial charge in [-0.25, -0.2) is 0 Å². The van der Waals surface area contributed by atoms with E-state index in [9.17, 15) is 0 Å². The van der Waals surface area contributed by atoms with Crippen LogP contribution in [0.15, 0.2) is 23.8 Å². The second-order valence-electron chi connectivity index (χ2n) is 4.53. The third-order valence-corrected chi connectivity index (χ3v) is 3.50. The Bertz CT molecular complexity index is 234. The van der Waals surface area contributed by atoms with Gasteiger partial charge in [0.15, 0.2) is 0 Å². The van der Waals surface area contributed by atoms with Gasteiger partial charge in [-0.3, -0.25) is 0 Å². The highest BCUT2D eigenvalue weighted by Crippen LogP contribution is 2.25. The second-order valence-corrected chi connectivity index (χ2v) is 4.53. The van der Waals surface area contributed by atoms with Crippen LogP contribution in [0.25, 0.3) is 0 Å². The van der Waals surface area contributed by atoms with E-state index >= 15 is 0 Å². The number of rotatable bonds is 2. The van der Waals surface area contributed by atoms with E-state index in [2.05, 4.69) is 30.5 Å². The summed E-state index contributed by atoms with van der Waals surface area (Å²) in [5, 5.41) is 3.64. The van der Waals surface area contributed by atoms with Gasteiger partial charge in [0, 0.05) is 6.04 Å². The molecular weight excluding hydrogens is 170 g/mol. The molecule has 2 rings (SSSR count). The first kappa shape index (κ1) is 9.97. The first-order chi connectivity index (χ1) is 6.88. The van der Waals surface area contributed by atoms with Gasteiger partial charge in [0.1, 0.15) is 0 Å². The van der Waals surface area contributed by atoms with Gasteiger partial charge in [-0.1, -0.05) is 31.6 Å². The first-order valence-corrected chi connectivity index (χ1v) is 5.98. The maximum absolute atomic E-state index is 3.64. The number of allylic oxidation sites excluding steroid dienone is 3. The number of nitrogens with one attached hydrogen (secondary N) is 1. The molecule has 1 fully saturated rings. The lowest BCUT2D eigenvalue weighted by atomic mass is 9.85. The van der Waals surface area contributed by atoms with Crippen LogP contribution >= 0.6 is 0 Å². The predicted molar refractivity (Wildman–Crippen MR) is 61.3 cm³/mol. The molecule has 1 nitrogen and oxygen atoms in total. The monoisotopic (exact) mass is 191 g/mol. The Morgan fingerprint density at radius 1 is 1.36 bits per heavy atom. The molecule has 1 N–H and O–H groups in total. The van der Waals surface area contributed by atoms with Crippen LogP contribution < -0.4 is 5.32 Å². The van der Waals surface area contributed by atoms with Crippen LogP contribution in [0, 0.1) is 5.92 Å². The summed E-state index contributed by atoms with van der Waals surface area (Å²) in [4.78, 5) is 0. The Morgan fingerprint density at radius 3 is 2.93 bits per heavy atom. The van der Waals surface area contributed by atoms with Gasteiger partial charge >= 0.3 is 0 Å². The Hall–Kier alpha value is -0.560. The fourth-order valence-electron chi connectivity index (χ4n) is 2.51. The Labute approximate surface area is 87.3 Å². The summed E-state index contributed by atoms with van der Waals surface area (Å²) >= 11 is 0. The molecule has 14 heavy (non-hydrogen) atoms. The lowest BCUT2D eigenvalue weighted by Crippen LogP contribution is -2.39. The van der Waals surface area contributed by atoms with Crippen molar-refractivity contribution in [2.24, 2.45) is 5.92 Å². The molecule has 0 aromatic rings. The van der Waals surface area contributed by atoms with Crippen LogP contribution in [-0.2, 0) is 0 Å². The molecule has 1 heteroatoms. The molecule has 2 aliphatic rings. The van der Waals surface area contributed by atoms with Crippen molar-refractivity contribution in [2.45, 2.75) is 45.1 Å². The van der Waals surface area contributed by atoms with E-state index in [-0.39, 0.29) is 0 Å². The minimum atomic E-state index is 0.701. The Kier molecular flexibility index (Phi) is 3.41. The standard InChI is InChI=1S/C13H21N/c1-11(12-7-3-2-4-8-12)13-9-5-6-10-14-13/h3,7-8,11,13-14H,2,4-6,9-10H2,1H3. The van der Waals surface area contributed by atoms with Crippen molar-refractivity contribution in [1.29, 1.82) is 0 Å². The van der Waals surface area contributed by atoms with Crippen LogP contribution in [0.2, 0.25) is 0 Å². The highest BCUT2D eigenvalue weighted by atomic mass is 14.9. The van der Waals surface area contributed by atoms with E-state index in [4.69, 9.17) is 0 Å². The van der Waals surface area contributed by atoms with Crippen LogP contribution in [0.5, 0.6) is 0 Å². The third kappa shape index (κ3) is 2.27. The molecule has 0 amide bonds. The van der Waals surface area contributed by atoms with Crippen molar-refractivity contribution in [1.82, 2.24) is 5.32 Å². The van der Waals surface area contributed by atoms with E-state index < -0.39 is 0 Å². The third-order valence-electron chi connectivity index (χ3n) is 3.50. The zero-order chi connectivity index (χ0) is 9.80. The van der Waals surface area contributed by atoms with Crippen LogP contribution in [-0.4, -0.2) is 12.6 Å². The summed E-state index contributed by atoms with van der Waals surface area (Å²) in [5.41, 5.74) is 1.55. The zero-order valence-electron chi connectivity index (χ0n) is 9.13. The van der Waals surface area contributed by atoms with E-state index in [0.29, 0.717) is 5.92 Å². The van der Waals surface area contributed by atoms with Crippen molar-refractivity contribution in [2.75, 3.05) is 6.54 Å². The van der Waals surface area contributed by atoms with Crippen molar-refractivity contribution >= 4 is 0 Å². The lowest BCUT2D eigenvalue weighted by molar-refractivity contribution is 0.339. The number of hydrogen-bond donors (Lipinski definition) is 1. The minimum absolute atomic E-state index is 0.701. The van der Waals surface area contributed by atoms with E-state index in [1.165, 1.54) is 38.6 Å². The van der Waals surface area contributed by atoms with E-state index in [0.717, 1.165) is 6.04 Å². The van der Waals surface area contributed by atoms with Crippen molar-refractivity contribution in [3.63, 3.8) is 0 Å². The Morgan fingerprint density at radius 2 is 2.29 bits per heavy atom. The maximum Gasteiger partial charge on any atom is 0.0133 e. The van der Waals surface area contributed by atoms with E-state index in [1.54, 1.807) is 5.57 Å². The molecule has 2 unspecified atom stereocenters. The normalized spacial score (nSPS) is 29.8. The maximum atomic E-state index is 3.64. The topological polar surface area (TPSA) is 12.0 Å². The molecule has 1 heterocycles. The molecule has 0 bridgehead atoms. The van der Waals surface area contributed by atoms with Crippen molar-refractivity contribution in [3.05, 3.63) is 23.8 Å². The van der Waals surface area contributed by atoms with Crippen LogP contribution in [0.3, 0.4) is 0 Å². The molecule has 0 spiro atoms. The average Bonchev–Trinajstić information content (AvgIpc) is 2.30.